The molecule has 19 heavy (non-hydrogen) atoms. The summed E-state index contributed by atoms with van der Waals surface area (Å²) in [4.78, 5) is 1.38. The van der Waals surface area contributed by atoms with Gasteiger partial charge in [-0.15, -0.1) is 11.3 Å². The molecular formula is C13H24N2O2S2. The van der Waals surface area contributed by atoms with Crippen LogP contribution in [0.15, 0.2) is 10.3 Å². The molecule has 0 fully saturated rings. The van der Waals surface area contributed by atoms with Crippen molar-refractivity contribution in [2.75, 3.05) is 13.6 Å². The number of hydrogen-bond acceptors (Lipinski definition) is 4. The number of sulfonamides is 1. The van der Waals surface area contributed by atoms with Crippen molar-refractivity contribution < 1.29 is 8.42 Å². The molecule has 4 nitrogen and oxygen atoms in total. The molecule has 0 aliphatic carbocycles. The van der Waals surface area contributed by atoms with Crippen LogP contribution in [0.2, 0.25) is 0 Å². The predicted octanol–water partition coefficient (Wildman–Crippen LogP) is 2.59. The number of nitrogens with zero attached hydrogens (tertiary/aromatic N) is 1. The molecule has 0 radical (unpaired) electrons. The highest BCUT2D eigenvalue weighted by molar-refractivity contribution is 7.89. The fourth-order valence-corrected chi connectivity index (χ4v) is 5.65. The molecule has 0 spiro atoms. The van der Waals surface area contributed by atoms with Crippen LogP contribution in [0, 0.1) is 6.92 Å². The van der Waals surface area contributed by atoms with Gasteiger partial charge < -0.3 is 5.32 Å². The van der Waals surface area contributed by atoms with Gasteiger partial charge in [-0.05, 0) is 38.3 Å². The highest BCUT2D eigenvalue weighted by Gasteiger charge is 2.31. The second kappa shape index (κ2) is 6.83. The van der Waals surface area contributed by atoms with Gasteiger partial charge in [0.1, 0.15) is 4.90 Å². The summed E-state index contributed by atoms with van der Waals surface area (Å²) in [6.07, 6.45) is 0.817. The van der Waals surface area contributed by atoms with Gasteiger partial charge in [0, 0.05) is 24.0 Å². The molecule has 6 heteroatoms. The van der Waals surface area contributed by atoms with Crippen LogP contribution in [0.3, 0.4) is 0 Å². The van der Waals surface area contributed by atoms with Crippen LogP contribution < -0.4 is 5.32 Å². The maximum Gasteiger partial charge on any atom is 0.244 e. The van der Waals surface area contributed by atoms with E-state index in [-0.39, 0.29) is 6.04 Å². The lowest BCUT2D eigenvalue weighted by molar-refractivity contribution is 0.342. The van der Waals surface area contributed by atoms with E-state index in [4.69, 9.17) is 0 Å². The molecule has 0 saturated heterocycles. The Morgan fingerprint density at radius 2 is 2.05 bits per heavy atom. The molecule has 0 aliphatic heterocycles. The lowest BCUT2D eigenvalue weighted by Crippen LogP contribution is -2.38. The van der Waals surface area contributed by atoms with Crippen molar-refractivity contribution in [3.8, 4) is 0 Å². The van der Waals surface area contributed by atoms with E-state index in [1.165, 1.54) is 11.3 Å². The van der Waals surface area contributed by atoms with Crippen LogP contribution in [0.25, 0.3) is 0 Å². The van der Waals surface area contributed by atoms with Gasteiger partial charge in [-0.2, -0.15) is 4.31 Å². The van der Waals surface area contributed by atoms with Gasteiger partial charge in [-0.1, -0.05) is 13.8 Å². The molecule has 0 aliphatic rings. The molecule has 0 amide bonds. The van der Waals surface area contributed by atoms with Crippen LogP contribution in [-0.4, -0.2) is 32.4 Å². The summed E-state index contributed by atoms with van der Waals surface area (Å²) < 4.78 is 27.3. The van der Waals surface area contributed by atoms with Gasteiger partial charge in [0.2, 0.25) is 10.0 Å². The van der Waals surface area contributed by atoms with Crippen LogP contribution in [-0.2, 0) is 16.6 Å². The summed E-state index contributed by atoms with van der Waals surface area (Å²) in [6, 6.07) is 0.0248. The number of nitrogens with one attached hydrogen (secondary N) is 1. The first-order valence-corrected chi connectivity index (χ1v) is 8.95. The maximum absolute atomic E-state index is 12.8. The van der Waals surface area contributed by atoms with Gasteiger partial charge in [-0.25, -0.2) is 8.42 Å². The van der Waals surface area contributed by atoms with Crippen molar-refractivity contribution in [2.45, 2.75) is 51.6 Å². The van der Waals surface area contributed by atoms with Crippen molar-refractivity contribution in [3.05, 3.63) is 15.8 Å². The molecule has 1 aromatic rings. The maximum atomic E-state index is 12.8. The standard InChI is InChI=1S/C13H24N2O2S2/c1-6-11(4)15(7-2)19(16,17)13-10(3)9-18-12(13)8-14-5/h9,11,14H,6-8H2,1-5H3. The molecule has 1 heterocycles. The molecule has 110 valence electrons. The number of aryl methyl sites for hydroxylation is 1. The highest BCUT2D eigenvalue weighted by atomic mass is 32.2. The van der Waals surface area contributed by atoms with Crippen LogP contribution in [0.1, 0.15) is 37.6 Å². The molecule has 1 atom stereocenters. The Bertz CT molecular complexity index is 509. The topological polar surface area (TPSA) is 49.4 Å². The summed E-state index contributed by atoms with van der Waals surface area (Å²) in [5, 5.41) is 4.96. The molecule has 0 bridgehead atoms. The minimum absolute atomic E-state index is 0.0248. The van der Waals surface area contributed by atoms with Crippen molar-refractivity contribution in [3.63, 3.8) is 0 Å². The zero-order valence-electron chi connectivity index (χ0n) is 12.4. The lowest BCUT2D eigenvalue weighted by Gasteiger charge is -2.27. The molecule has 1 aromatic heterocycles. The smallest absolute Gasteiger partial charge is 0.244 e. The van der Waals surface area contributed by atoms with Crippen LogP contribution in [0.4, 0.5) is 0 Å². The van der Waals surface area contributed by atoms with Gasteiger partial charge in [0.15, 0.2) is 0 Å². The molecule has 0 saturated carbocycles. The van der Waals surface area contributed by atoms with Gasteiger partial charge in [-0.3, -0.25) is 0 Å². The summed E-state index contributed by atoms with van der Waals surface area (Å²) in [6.45, 7) is 8.82. The largest absolute Gasteiger partial charge is 0.315 e. The first-order chi connectivity index (χ1) is 8.89. The first kappa shape index (κ1) is 16.6. The normalized spacial score (nSPS) is 14.0. The number of rotatable bonds is 7. The zero-order chi connectivity index (χ0) is 14.6. The molecule has 0 aromatic carbocycles. The average molecular weight is 304 g/mol. The van der Waals surface area contributed by atoms with Crippen LogP contribution >= 0.6 is 11.3 Å². The summed E-state index contributed by atoms with van der Waals surface area (Å²) in [5.74, 6) is 0. The second-order valence-corrected chi connectivity index (χ2v) is 7.46. The fourth-order valence-electron chi connectivity index (χ4n) is 2.16. The Morgan fingerprint density at radius 1 is 1.42 bits per heavy atom. The van der Waals surface area contributed by atoms with E-state index >= 15 is 0 Å². The summed E-state index contributed by atoms with van der Waals surface area (Å²) in [7, 11) is -1.57. The van der Waals surface area contributed by atoms with E-state index in [2.05, 4.69) is 5.32 Å². The summed E-state index contributed by atoms with van der Waals surface area (Å²) >= 11 is 1.51. The Kier molecular flexibility index (Phi) is 5.98. The average Bonchev–Trinajstić information content (AvgIpc) is 2.72. The van der Waals surface area contributed by atoms with E-state index in [9.17, 15) is 8.42 Å². The van der Waals surface area contributed by atoms with Gasteiger partial charge >= 0.3 is 0 Å². The highest BCUT2D eigenvalue weighted by Crippen LogP contribution is 2.30. The zero-order valence-corrected chi connectivity index (χ0v) is 14.0. The Morgan fingerprint density at radius 3 is 2.53 bits per heavy atom. The van der Waals surface area contributed by atoms with Crippen molar-refractivity contribution in [1.82, 2.24) is 9.62 Å². The van der Waals surface area contributed by atoms with Crippen molar-refractivity contribution in [1.29, 1.82) is 0 Å². The minimum atomic E-state index is -3.40. The lowest BCUT2D eigenvalue weighted by atomic mass is 10.3. The van der Waals surface area contributed by atoms with E-state index in [0.717, 1.165) is 16.9 Å². The quantitative estimate of drug-likeness (QED) is 0.842. The summed E-state index contributed by atoms with van der Waals surface area (Å²) in [5.41, 5.74) is 0.844. The monoisotopic (exact) mass is 304 g/mol. The third-order valence-electron chi connectivity index (χ3n) is 3.29. The second-order valence-electron chi connectivity index (χ2n) is 4.67. The SMILES string of the molecule is CCC(C)N(CC)S(=O)(=O)c1c(C)csc1CNC. The Balaban J connectivity index is 3.29. The third-order valence-corrected chi connectivity index (χ3v) is 6.84. The van der Waals surface area contributed by atoms with E-state index < -0.39 is 10.0 Å². The first-order valence-electron chi connectivity index (χ1n) is 6.63. The van der Waals surface area contributed by atoms with E-state index in [1.807, 2.05) is 40.1 Å². The fraction of sp³-hybridized carbons (Fsp3) is 0.692. The van der Waals surface area contributed by atoms with Gasteiger partial charge in [0.05, 0.1) is 0 Å². The van der Waals surface area contributed by atoms with Crippen molar-refractivity contribution >= 4 is 21.4 Å². The third kappa shape index (κ3) is 3.37. The van der Waals surface area contributed by atoms with Crippen molar-refractivity contribution in [2.24, 2.45) is 0 Å². The van der Waals surface area contributed by atoms with Gasteiger partial charge in [0.25, 0.3) is 0 Å². The van der Waals surface area contributed by atoms with Crippen LogP contribution in [0.5, 0.6) is 0 Å². The molecular weight excluding hydrogens is 280 g/mol. The number of hydrogen-bond donors (Lipinski definition) is 1. The predicted molar refractivity (Wildman–Crippen MR) is 81.1 cm³/mol. The molecule has 1 unspecified atom stereocenters. The minimum Gasteiger partial charge on any atom is -0.315 e. The molecule has 1 rings (SSSR count). The van der Waals surface area contributed by atoms with E-state index in [1.54, 1.807) is 4.31 Å². The molecule has 1 N–H and O–H groups in total. The van der Waals surface area contributed by atoms with E-state index in [0.29, 0.717) is 18.0 Å². The number of thiophene rings is 1. The Hall–Kier alpha value is -0.430. The Labute approximate surface area is 120 Å².